The normalized spacial score (nSPS) is 12.5. The number of hydrazine groups is 1. The van der Waals surface area contributed by atoms with Gasteiger partial charge in [-0.25, -0.2) is 5.84 Å². The van der Waals surface area contributed by atoms with Crippen LogP contribution < -0.4 is 17.0 Å². The summed E-state index contributed by atoms with van der Waals surface area (Å²) >= 11 is 1.83. The predicted octanol–water partition coefficient (Wildman–Crippen LogP) is 0.227. The Morgan fingerprint density at radius 3 is 2.77 bits per heavy atom. The van der Waals surface area contributed by atoms with E-state index < -0.39 is 0 Å². The molecular weight excluding hydrogens is 186 g/mol. The van der Waals surface area contributed by atoms with Crippen LogP contribution in [0.4, 0.5) is 0 Å². The summed E-state index contributed by atoms with van der Waals surface area (Å²) in [6, 6.07) is 0.278. The van der Waals surface area contributed by atoms with Crippen molar-refractivity contribution in [1.29, 1.82) is 0 Å². The largest absolute Gasteiger partial charge is 0.328 e. The standard InChI is InChI=1S/C8H19N3OS/c1-7(9)4-6-13-5-2-3-8(12)11-10/h7H,2-6,9-10H2,1H3,(H,11,12). The highest BCUT2D eigenvalue weighted by Gasteiger charge is 1.98. The van der Waals surface area contributed by atoms with Gasteiger partial charge < -0.3 is 5.73 Å². The van der Waals surface area contributed by atoms with Crippen molar-refractivity contribution in [3.05, 3.63) is 0 Å². The minimum absolute atomic E-state index is 0.0900. The second-order valence-corrected chi connectivity index (χ2v) is 4.27. The van der Waals surface area contributed by atoms with Crippen molar-refractivity contribution >= 4 is 17.7 Å². The lowest BCUT2D eigenvalue weighted by Crippen LogP contribution is -2.29. The highest BCUT2D eigenvalue weighted by molar-refractivity contribution is 7.99. The van der Waals surface area contributed by atoms with Gasteiger partial charge in [-0.05, 0) is 31.3 Å². The van der Waals surface area contributed by atoms with E-state index in [0.717, 1.165) is 24.3 Å². The molecule has 1 unspecified atom stereocenters. The van der Waals surface area contributed by atoms with Crippen molar-refractivity contribution in [2.45, 2.75) is 32.2 Å². The van der Waals surface area contributed by atoms with Crippen molar-refractivity contribution < 1.29 is 4.79 Å². The lowest BCUT2D eigenvalue weighted by Gasteiger charge is -2.04. The number of carbonyl (C=O) groups is 1. The zero-order valence-electron chi connectivity index (χ0n) is 8.08. The molecule has 0 aromatic rings. The van der Waals surface area contributed by atoms with Crippen LogP contribution in [-0.4, -0.2) is 23.5 Å². The molecule has 0 aliphatic carbocycles. The molecule has 0 aliphatic rings. The molecule has 5 heteroatoms. The van der Waals surface area contributed by atoms with Crippen LogP contribution >= 0.6 is 11.8 Å². The maximum absolute atomic E-state index is 10.7. The zero-order chi connectivity index (χ0) is 10.1. The fourth-order valence-electron chi connectivity index (χ4n) is 0.778. The zero-order valence-corrected chi connectivity index (χ0v) is 8.90. The highest BCUT2D eigenvalue weighted by Crippen LogP contribution is 2.06. The van der Waals surface area contributed by atoms with Crippen molar-refractivity contribution in [3.8, 4) is 0 Å². The van der Waals surface area contributed by atoms with Gasteiger partial charge in [-0.2, -0.15) is 11.8 Å². The molecule has 5 N–H and O–H groups in total. The van der Waals surface area contributed by atoms with Crippen LogP contribution in [0.15, 0.2) is 0 Å². The van der Waals surface area contributed by atoms with Crippen LogP contribution in [0, 0.1) is 0 Å². The number of hydrogen-bond acceptors (Lipinski definition) is 4. The van der Waals surface area contributed by atoms with E-state index in [0.29, 0.717) is 6.42 Å². The van der Waals surface area contributed by atoms with Crippen LogP contribution in [0.25, 0.3) is 0 Å². The topological polar surface area (TPSA) is 81.1 Å². The molecule has 0 fully saturated rings. The van der Waals surface area contributed by atoms with E-state index >= 15 is 0 Å². The maximum atomic E-state index is 10.7. The van der Waals surface area contributed by atoms with Crippen molar-refractivity contribution in [1.82, 2.24) is 5.43 Å². The lowest BCUT2D eigenvalue weighted by atomic mass is 10.3. The average Bonchev–Trinajstić information content (AvgIpc) is 2.10. The summed E-state index contributed by atoms with van der Waals surface area (Å²) in [6.45, 7) is 2.00. The molecule has 13 heavy (non-hydrogen) atoms. The van der Waals surface area contributed by atoms with Gasteiger partial charge in [0.05, 0.1) is 0 Å². The molecule has 4 nitrogen and oxygen atoms in total. The van der Waals surface area contributed by atoms with Crippen LogP contribution in [0.1, 0.15) is 26.2 Å². The third-order valence-corrected chi connectivity index (χ3v) is 2.67. The maximum Gasteiger partial charge on any atom is 0.233 e. The molecule has 0 aliphatic heterocycles. The number of thioether (sulfide) groups is 1. The molecule has 0 aromatic heterocycles. The van der Waals surface area contributed by atoms with E-state index in [1.54, 1.807) is 0 Å². The summed E-state index contributed by atoms with van der Waals surface area (Å²) in [7, 11) is 0. The van der Waals surface area contributed by atoms with E-state index in [1.165, 1.54) is 0 Å². The first-order valence-electron chi connectivity index (χ1n) is 4.49. The number of rotatable bonds is 7. The lowest BCUT2D eigenvalue weighted by molar-refractivity contribution is -0.121. The van der Waals surface area contributed by atoms with Crippen molar-refractivity contribution in [2.75, 3.05) is 11.5 Å². The summed E-state index contributed by atoms with van der Waals surface area (Å²) < 4.78 is 0. The molecule has 0 spiro atoms. The summed E-state index contributed by atoms with van der Waals surface area (Å²) in [5.41, 5.74) is 7.69. The Morgan fingerprint density at radius 2 is 2.23 bits per heavy atom. The Labute approximate surface area is 83.8 Å². The summed E-state index contributed by atoms with van der Waals surface area (Å²) in [5.74, 6) is 6.91. The van der Waals surface area contributed by atoms with Gasteiger partial charge in [0, 0.05) is 12.5 Å². The van der Waals surface area contributed by atoms with Crippen LogP contribution in [-0.2, 0) is 4.79 Å². The summed E-state index contributed by atoms with van der Waals surface area (Å²) in [5, 5.41) is 0. The molecular formula is C8H19N3OS. The first kappa shape index (κ1) is 12.7. The number of nitrogens with two attached hydrogens (primary N) is 2. The van der Waals surface area contributed by atoms with E-state index in [1.807, 2.05) is 18.7 Å². The van der Waals surface area contributed by atoms with Gasteiger partial charge in [0.15, 0.2) is 0 Å². The van der Waals surface area contributed by atoms with Gasteiger partial charge in [-0.1, -0.05) is 0 Å². The van der Waals surface area contributed by atoms with E-state index in [9.17, 15) is 4.79 Å². The van der Waals surface area contributed by atoms with Gasteiger partial charge in [-0.3, -0.25) is 10.2 Å². The van der Waals surface area contributed by atoms with E-state index in [-0.39, 0.29) is 11.9 Å². The molecule has 0 radical (unpaired) electrons. The van der Waals surface area contributed by atoms with E-state index in [2.05, 4.69) is 5.43 Å². The molecule has 0 bridgehead atoms. The molecule has 0 aromatic carbocycles. The minimum atomic E-state index is -0.0900. The van der Waals surface area contributed by atoms with Crippen LogP contribution in [0.3, 0.4) is 0 Å². The Balaban J connectivity index is 3.04. The first-order valence-corrected chi connectivity index (χ1v) is 5.65. The second kappa shape index (κ2) is 8.34. The first-order chi connectivity index (χ1) is 6.16. The average molecular weight is 205 g/mol. The number of amides is 1. The quantitative estimate of drug-likeness (QED) is 0.240. The van der Waals surface area contributed by atoms with Crippen molar-refractivity contribution in [3.63, 3.8) is 0 Å². The molecule has 1 amide bonds. The molecule has 0 rings (SSSR count). The van der Waals surface area contributed by atoms with Crippen LogP contribution in [0.5, 0.6) is 0 Å². The monoisotopic (exact) mass is 205 g/mol. The highest BCUT2D eigenvalue weighted by atomic mass is 32.2. The third kappa shape index (κ3) is 9.66. The van der Waals surface area contributed by atoms with Gasteiger partial charge in [0.25, 0.3) is 0 Å². The van der Waals surface area contributed by atoms with Gasteiger partial charge in [0.1, 0.15) is 0 Å². The SMILES string of the molecule is CC(N)CCSCCCC(=O)NN. The summed E-state index contributed by atoms with van der Waals surface area (Å²) in [4.78, 5) is 10.7. The Bertz CT molecular complexity index is 141. The fourth-order valence-corrected chi connectivity index (χ4v) is 1.87. The minimum Gasteiger partial charge on any atom is -0.328 e. The van der Waals surface area contributed by atoms with Crippen LogP contribution in [0.2, 0.25) is 0 Å². The Hall–Kier alpha value is -0.260. The number of nitrogens with one attached hydrogen (secondary N) is 1. The second-order valence-electron chi connectivity index (χ2n) is 3.05. The fraction of sp³-hybridized carbons (Fsp3) is 0.875. The smallest absolute Gasteiger partial charge is 0.233 e. The van der Waals surface area contributed by atoms with E-state index in [4.69, 9.17) is 11.6 Å². The summed E-state index contributed by atoms with van der Waals surface area (Å²) in [6.07, 6.45) is 2.43. The third-order valence-electron chi connectivity index (χ3n) is 1.57. The predicted molar refractivity (Wildman–Crippen MR) is 57.2 cm³/mol. The molecule has 0 saturated carbocycles. The van der Waals surface area contributed by atoms with Gasteiger partial charge in [0.2, 0.25) is 5.91 Å². The molecule has 0 heterocycles. The molecule has 78 valence electrons. The Kier molecular flexibility index (Phi) is 8.18. The molecule has 0 saturated heterocycles. The number of hydrogen-bond donors (Lipinski definition) is 3. The van der Waals surface area contributed by atoms with Gasteiger partial charge >= 0.3 is 0 Å². The Morgan fingerprint density at radius 1 is 1.54 bits per heavy atom. The van der Waals surface area contributed by atoms with Crippen molar-refractivity contribution in [2.24, 2.45) is 11.6 Å². The molecule has 1 atom stereocenters. The number of carbonyl (C=O) groups excluding carboxylic acids is 1. The van der Waals surface area contributed by atoms with Gasteiger partial charge in [-0.15, -0.1) is 0 Å².